The minimum Gasteiger partial charge on any atom is -0.354 e. The fourth-order valence-corrected chi connectivity index (χ4v) is 3.14. The Morgan fingerprint density at radius 1 is 0.950 bits per heavy atom. The maximum absolute atomic E-state index is 11.8. The molecule has 20 heavy (non-hydrogen) atoms. The summed E-state index contributed by atoms with van der Waals surface area (Å²) >= 11 is 0. The molecule has 2 amide bonds. The normalized spacial score (nSPS) is 23.5. The molecular formula is C15H27N3O2. The van der Waals surface area contributed by atoms with Crippen LogP contribution in [-0.4, -0.2) is 37.5 Å². The Labute approximate surface area is 121 Å². The van der Waals surface area contributed by atoms with Gasteiger partial charge in [-0.05, 0) is 38.1 Å². The van der Waals surface area contributed by atoms with Crippen molar-refractivity contribution in [2.45, 2.75) is 57.4 Å². The first-order valence-electron chi connectivity index (χ1n) is 8.03. The molecule has 0 aromatic heterocycles. The van der Waals surface area contributed by atoms with Gasteiger partial charge in [0.05, 0.1) is 6.04 Å². The van der Waals surface area contributed by atoms with Gasteiger partial charge in [0.1, 0.15) is 0 Å². The molecule has 2 fully saturated rings. The molecule has 3 N–H and O–H groups in total. The minimum absolute atomic E-state index is 0.0343. The Morgan fingerprint density at radius 3 is 2.40 bits per heavy atom. The van der Waals surface area contributed by atoms with Gasteiger partial charge in [-0.1, -0.05) is 19.3 Å². The summed E-state index contributed by atoms with van der Waals surface area (Å²) in [5, 5.41) is 8.93. The second kappa shape index (κ2) is 8.25. The first kappa shape index (κ1) is 15.3. The van der Waals surface area contributed by atoms with Crippen LogP contribution in [0.4, 0.5) is 0 Å². The highest BCUT2D eigenvalue weighted by Crippen LogP contribution is 2.25. The zero-order chi connectivity index (χ0) is 14.2. The van der Waals surface area contributed by atoms with Gasteiger partial charge in [-0.2, -0.15) is 0 Å². The molecule has 1 saturated carbocycles. The summed E-state index contributed by atoms with van der Waals surface area (Å²) in [6.45, 7) is 1.98. The van der Waals surface area contributed by atoms with Crippen LogP contribution in [0.3, 0.4) is 0 Å². The Balaban J connectivity index is 1.51. The Hall–Kier alpha value is -1.10. The number of hydrogen-bond donors (Lipinski definition) is 3. The molecule has 5 heteroatoms. The van der Waals surface area contributed by atoms with Crippen molar-refractivity contribution < 1.29 is 9.59 Å². The lowest BCUT2D eigenvalue weighted by Gasteiger charge is -2.20. The lowest BCUT2D eigenvalue weighted by Crippen LogP contribution is -2.43. The predicted octanol–water partition coefficient (Wildman–Crippen LogP) is 0.941. The number of carbonyl (C=O) groups is 2. The van der Waals surface area contributed by atoms with Crippen LogP contribution < -0.4 is 16.0 Å². The van der Waals surface area contributed by atoms with E-state index in [2.05, 4.69) is 16.0 Å². The third-order valence-electron chi connectivity index (χ3n) is 4.32. The molecule has 0 bridgehead atoms. The summed E-state index contributed by atoms with van der Waals surface area (Å²) in [6, 6.07) is -0.0343. The predicted molar refractivity (Wildman–Crippen MR) is 78.2 cm³/mol. The Kier molecular flexibility index (Phi) is 6.30. The average molecular weight is 281 g/mol. The number of amides is 2. The molecule has 1 heterocycles. The van der Waals surface area contributed by atoms with E-state index in [0.29, 0.717) is 25.4 Å². The molecule has 0 aromatic carbocycles. The maximum Gasteiger partial charge on any atom is 0.237 e. The summed E-state index contributed by atoms with van der Waals surface area (Å²) in [5.41, 5.74) is 0. The molecule has 1 atom stereocenters. The van der Waals surface area contributed by atoms with Crippen molar-refractivity contribution in [3.63, 3.8) is 0 Å². The summed E-state index contributed by atoms with van der Waals surface area (Å²) < 4.78 is 0. The summed E-state index contributed by atoms with van der Waals surface area (Å²) in [6.07, 6.45) is 8.87. The molecular weight excluding hydrogens is 254 g/mol. The van der Waals surface area contributed by atoms with Crippen molar-refractivity contribution in [2.75, 3.05) is 19.6 Å². The highest BCUT2D eigenvalue weighted by atomic mass is 16.2. The van der Waals surface area contributed by atoms with Gasteiger partial charge in [0.15, 0.2) is 0 Å². The smallest absolute Gasteiger partial charge is 0.237 e. The highest BCUT2D eigenvalue weighted by molar-refractivity contribution is 5.82. The number of rotatable bonds is 6. The minimum atomic E-state index is -0.0343. The molecule has 1 aliphatic carbocycles. The van der Waals surface area contributed by atoms with Crippen molar-refractivity contribution in [2.24, 2.45) is 5.92 Å². The molecule has 0 spiro atoms. The van der Waals surface area contributed by atoms with Gasteiger partial charge >= 0.3 is 0 Å². The van der Waals surface area contributed by atoms with Gasteiger partial charge in [-0.25, -0.2) is 0 Å². The third-order valence-corrected chi connectivity index (χ3v) is 4.32. The van der Waals surface area contributed by atoms with E-state index in [1.54, 1.807) is 0 Å². The SMILES string of the molecule is O=C(CC1CCCCC1)NCCNC(=O)C1CCCN1. The van der Waals surface area contributed by atoms with Crippen molar-refractivity contribution in [1.82, 2.24) is 16.0 Å². The van der Waals surface area contributed by atoms with Gasteiger partial charge in [0.2, 0.25) is 11.8 Å². The Morgan fingerprint density at radius 2 is 1.70 bits per heavy atom. The monoisotopic (exact) mass is 281 g/mol. The lowest BCUT2D eigenvalue weighted by atomic mass is 9.87. The zero-order valence-electron chi connectivity index (χ0n) is 12.2. The molecule has 2 rings (SSSR count). The van der Waals surface area contributed by atoms with E-state index in [4.69, 9.17) is 0 Å². The van der Waals surface area contributed by atoms with E-state index in [9.17, 15) is 9.59 Å². The van der Waals surface area contributed by atoms with E-state index < -0.39 is 0 Å². The van der Waals surface area contributed by atoms with E-state index in [-0.39, 0.29) is 17.9 Å². The van der Waals surface area contributed by atoms with Gasteiger partial charge in [-0.15, -0.1) is 0 Å². The zero-order valence-corrected chi connectivity index (χ0v) is 12.2. The fourth-order valence-electron chi connectivity index (χ4n) is 3.14. The first-order chi connectivity index (χ1) is 9.75. The second-order valence-corrected chi connectivity index (χ2v) is 6.00. The number of nitrogens with one attached hydrogen (secondary N) is 3. The number of hydrogen-bond acceptors (Lipinski definition) is 3. The van der Waals surface area contributed by atoms with Gasteiger partial charge in [0, 0.05) is 19.5 Å². The molecule has 114 valence electrons. The van der Waals surface area contributed by atoms with Crippen LogP contribution in [0.5, 0.6) is 0 Å². The van der Waals surface area contributed by atoms with Crippen LogP contribution in [0.25, 0.3) is 0 Å². The third kappa shape index (κ3) is 5.12. The van der Waals surface area contributed by atoms with Crippen LogP contribution in [-0.2, 0) is 9.59 Å². The van der Waals surface area contributed by atoms with Crippen molar-refractivity contribution >= 4 is 11.8 Å². The van der Waals surface area contributed by atoms with Crippen LogP contribution >= 0.6 is 0 Å². The summed E-state index contributed by atoms with van der Waals surface area (Å²) in [7, 11) is 0. The van der Waals surface area contributed by atoms with E-state index >= 15 is 0 Å². The van der Waals surface area contributed by atoms with Crippen LogP contribution in [0.2, 0.25) is 0 Å². The van der Waals surface area contributed by atoms with E-state index in [0.717, 1.165) is 19.4 Å². The van der Waals surface area contributed by atoms with Crippen molar-refractivity contribution in [1.29, 1.82) is 0 Å². The lowest BCUT2D eigenvalue weighted by molar-refractivity contribution is -0.124. The Bertz CT molecular complexity index is 321. The molecule has 1 saturated heterocycles. The molecule has 0 aromatic rings. The van der Waals surface area contributed by atoms with E-state index in [1.807, 2.05) is 0 Å². The van der Waals surface area contributed by atoms with Crippen LogP contribution in [0.1, 0.15) is 51.4 Å². The molecule has 1 unspecified atom stereocenters. The molecule has 5 nitrogen and oxygen atoms in total. The second-order valence-electron chi connectivity index (χ2n) is 6.00. The maximum atomic E-state index is 11.8. The standard InChI is InChI=1S/C15H27N3O2/c19-14(11-12-5-2-1-3-6-12)17-9-10-18-15(20)13-7-4-8-16-13/h12-13,16H,1-11H2,(H,17,19)(H,18,20). The quantitative estimate of drug-likeness (QED) is 0.635. The topological polar surface area (TPSA) is 70.2 Å². The highest BCUT2D eigenvalue weighted by Gasteiger charge is 2.21. The van der Waals surface area contributed by atoms with Crippen LogP contribution in [0.15, 0.2) is 0 Å². The van der Waals surface area contributed by atoms with Gasteiger partial charge in [0.25, 0.3) is 0 Å². The van der Waals surface area contributed by atoms with Crippen molar-refractivity contribution in [3.8, 4) is 0 Å². The first-order valence-corrected chi connectivity index (χ1v) is 8.03. The summed E-state index contributed by atoms with van der Waals surface area (Å²) in [4.78, 5) is 23.5. The number of carbonyl (C=O) groups excluding carboxylic acids is 2. The van der Waals surface area contributed by atoms with Crippen molar-refractivity contribution in [3.05, 3.63) is 0 Å². The van der Waals surface area contributed by atoms with Crippen LogP contribution in [0, 0.1) is 5.92 Å². The molecule has 2 aliphatic rings. The summed E-state index contributed by atoms with van der Waals surface area (Å²) in [5.74, 6) is 0.759. The largest absolute Gasteiger partial charge is 0.354 e. The van der Waals surface area contributed by atoms with Gasteiger partial charge in [-0.3, -0.25) is 9.59 Å². The van der Waals surface area contributed by atoms with E-state index in [1.165, 1.54) is 32.1 Å². The average Bonchev–Trinajstić information content (AvgIpc) is 2.99. The molecule has 0 radical (unpaired) electrons. The van der Waals surface area contributed by atoms with Gasteiger partial charge < -0.3 is 16.0 Å². The molecule has 1 aliphatic heterocycles. The fraction of sp³-hybridized carbons (Fsp3) is 0.867.